The maximum atomic E-state index is 11.4. The van der Waals surface area contributed by atoms with Crippen LogP contribution in [0.1, 0.15) is 6.92 Å². The number of amides is 2. The van der Waals surface area contributed by atoms with Crippen LogP contribution < -0.4 is 27.0 Å². The summed E-state index contributed by atoms with van der Waals surface area (Å²) in [6.07, 6.45) is -0.0247. The van der Waals surface area contributed by atoms with Gasteiger partial charge in [-0.1, -0.05) is 0 Å². The Morgan fingerprint density at radius 1 is 1.61 bits per heavy atom. The molecule has 0 aromatic heterocycles. The van der Waals surface area contributed by atoms with E-state index in [0.717, 1.165) is 6.20 Å². The third kappa shape index (κ3) is 3.71. The lowest BCUT2D eigenvalue weighted by Crippen LogP contribution is -2.62. The van der Waals surface area contributed by atoms with Gasteiger partial charge in [-0.25, -0.2) is 4.79 Å². The van der Waals surface area contributed by atoms with Gasteiger partial charge >= 0.3 is 5.97 Å². The van der Waals surface area contributed by atoms with E-state index in [1.807, 2.05) is 0 Å². The van der Waals surface area contributed by atoms with E-state index in [9.17, 15) is 14.4 Å². The van der Waals surface area contributed by atoms with Crippen molar-refractivity contribution in [3.8, 4) is 0 Å². The Kier molecular flexibility index (Phi) is 4.63. The van der Waals surface area contributed by atoms with Gasteiger partial charge in [0.1, 0.15) is 5.57 Å². The quantitative estimate of drug-likeness (QED) is 0.227. The van der Waals surface area contributed by atoms with E-state index in [1.165, 1.54) is 0 Å². The number of carboxylic acid groups (broad SMARTS) is 1. The number of carboxylic acids is 1. The van der Waals surface area contributed by atoms with Gasteiger partial charge in [0.2, 0.25) is 5.91 Å². The fourth-order valence-electron chi connectivity index (χ4n) is 1.32. The molecule has 0 saturated carbocycles. The van der Waals surface area contributed by atoms with Crippen LogP contribution in [0.2, 0.25) is 0 Å². The summed E-state index contributed by atoms with van der Waals surface area (Å²) in [4.78, 5) is 33.0. The van der Waals surface area contributed by atoms with Gasteiger partial charge in [0.05, 0.1) is 12.7 Å². The molecule has 2 atom stereocenters. The summed E-state index contributed by atoms with van der Waals surface area (Å²) in [7, 11) is 0. The third-order valence-electron chi connectivity index (χ3n) is 2.12. The molecule has 1 heterocycles. The van der Waals surface area contributed by atoms with Crippen molar-refractivity contribution >= 4 is 17.8 Å². The summed E-state index contributed by atoms with van der Waals surface area (Å²) in [5, 5.41) is 19.0. The predicted molar refractivity (Wildman–Crippen MR) is 60.6 cm³/mol. The minimum atomic E-state index is -1.32. The van der Waals surface area contributed by atoms with E-state index in [1.54, 1.807) is 6.92 Å². The topological polar surface area (TPSA) is 146 Å². The lowest BCUT2D eigenvalue weighted by atomic mass is 10.2. The highest BCUT2D eigenvalue weighted by molar-refractivity contribution is 6.16. The number of carbonyl (C=O) groups is 3. The average molecular weight is 257 g/mol. The molecule has 0 aromatic rings. The van der Waals surface area contributed by atoms with Crippen molar-refractivity contribution in [3.05, 3.63) is 11.8 Å². The first-order chi connectivity index (χ1) is 8.43. The van der Waals surface area contributed by atoms with E-state index in [0.29, 0.717) is 0 Å². The minimum Gasteiger partial charge on any atom is -0.477 e. The highest BCUT2D eigenvalue weighted by Crippen LogP contribution is 1.98. The second-order valence-corrected chi connectivity index (χ2v) is 3.60. The van der Waals surface area contributed by atoms with Crippen LogP contribution >= 0.6 is 0 Å². The summed E-state index contributed by atoms with van der Waals surface area (Å²) in [6.45, 7) is 1.51. The van der Waals surface area contributed by atoms with Crippen molar-refractivity contribution in [1.82, 2.24) is 21.3 Å². The number of hydrogen-bond acceptors (Lipinski definition) is 6. The fraction of sp³-hybridized carbons (Fsp3) is 0.444. The molecular weight excluding hydrogens is 242 g/mol. The third-order valence-corrected chi connectivity index (χ3v) is 2.12. The zero-order chi connectivity index (χ0) is 13.7. The second-order valence-electron chi connectivity index (χ2n) is 3.60. The average Bonchev–Trinajstić information content (AvgIpc) is 2.28. The maximum Gasteiger partial charge on any atom is 0.342 e. The van der Waals surface area contributed by atoms with Gasteiger partial charge < -0.3 is 26.8 Å². The summed E-state index contributed by atoms with van der Waals surface area (Å²) >= 11 is 0. The van der Waals surface area contributed by atoms with E-state index < -0.39 is 24.3 Å². The molecular formula is C9H15N5O4. The molecule has 0 bridgehead atoms. The number of nitrogens with two attached hydrogens (primary N) is 1. The first-order valence-corrected chi connectivity index (χ1v) is 5.20. The van der Waals surface area contributed by atoms with Gasteiger partial charge in [0, 0.05) is 6.20 Å². The van der Waals surface area contributed by atoms with Crippen molar-refractivity contribution in [3.63, 3.8) is 0 Å². The van der Waals surface area contributed by atoms with Gasteiger partial charge in [0.15, 0.2) is 6.29 Å². The molecule has 2 amide bonds. The van der Waals surface area contributed by atoms with E-state index in [-0.39, 0.29) is 18.0 Å². The molecule has 100 valence electrons. The number of nitrogens with one attached hydrogen (secondary N) is 4. The largest absolute Gasteiger partial charge is 0.477 e. The first-order valence-electron chi connectivity index (χ1n) is 5.20. The molecule has 0 spiro atoms. The van der Waals surface area contributed by atoms with E-state index in [2.05, 4.69) is 21.3 Å². The van der Waals surface area contributed by atoms with Crippen LogP contribution in [0.15, 0.2) is 11.8 Å². The van der Waals surface area contributed by atoms with Crippen LogP contribution in [-0.2, 0) is 14.4 Å². The highest BCUT2D eigenvalue weighted by atomic mass is 16.4. The van der Waals surface area contributed by atoms with Crippen LogP contribution in [0.5, 0.6) is 0 Å². The predicted octanol–water partition coefficient (Wildman–Crippen LogP) is -3.03. The first kappa shape index (κ1) is 13.9. The standard InChI is InChI=1S/C9H15N5O4/c1-4(12-6(15)2-10)13-9-11-3-5(8(17)18)7(16)14-9/h3-4,9,11,13H,2,10H2,1H3,(H,12,15)(H,14,16)(H,17,18). The second kappa shape index (κ2) is 5.98. The number of hydrogen-bond donors (Lipinski definition) is 6. The van der Waals surface area contributed by atoms with Crippen molar-refractivity contribution < 1.29 is 19.5 Å². The van der Waals surface area contributed by atoms with Crippen molar-refractivity contribution in [1.29, 1.82) is 0 Å². The molecule has 0 saturated heterocycles. The monoisotopic (exact) mass is 257 g/mol. The molecule has 9 nitrogen and oxygen atoms in total. The van der Waals surface area contributed by atoms with E-state index >= 15 is 0 Å². The Morgan fingerprint density at radius 2 is 2.28 bits per heavy atom. The molecule has 1 aliphatic rings. The Bertz CT molecular complexity index is 394. The van der Waals surface area contributed by atoms with Gasteiger partial charge in [0.25, 0.3) is 5.91 Å². The van der Waals surface area contributed by atoms with E-state index in [4.69, 9.17) is 10.8 Å². The van der Waals surface area contributed by atoms with Crippen LogP contribution in [0.4, 0.5) is 0 Å². The minimum absolute atomic E-state index is 0.139. The van der Waals surface area contributed by atoms with Crippen LogP contribution in [-0.4, -0.2) is 41.9 Å². The zero-order valence-corrected chi connectivity index (χ0v) is 9.69. The lowest BCUT2D eigenvalue weighted by Gasteiger charge is -2.27. The Labute approximate surface area is 103 Å². The molecule has 18 heavy (non-hydrogen) atoms. The van der Waals surface area contributed by atoms with Gasteiger partial charge in [-0.3, -0.25) is 14.9 Å². The number of rotatable bonds is 5. The molecule has 1 aliphatic heterocycles. The molecule has 0 aromatic carbocycles. The molecule has 9 heteroatoms. The summed E-state index contributed by atoms with van der Waals surface area (Å²) in [5.41, 5.74) is 4.74. The maximum absolute atomic E-state index is 11.4. The Balaban J connectivity index is 2.50. The lowest BCUT2D eigenvalue weighted by molar-refractivity contribution is -0.135. The molecule has 2 unspecified atom stereocenters. The number of carbonyl (C=O) groups excluding carboxylic acids is 2. The SMILES string of the molecule is CC(NC(=O)CN)NC1NC=C(C(=O)O)C(=O)N1. The smallest absolute Gasteiger partial charge is 0.342 e. The molecule has 0 fully saturated rings. The fourth-order valence-corrected chi connectivity index (χ4v) is 1.32. The summed E-state index contributed by atoms with van der Waals surface area (Å²) in [5.74, 6) is -2.38. The van der Waals surface area contributed by atoms with Crippen molar-refractivity contribution in [2.45, 2.75) is 19.4 Å². The zero-order valence-electron chi connectivity index (χ0n) is 9.69. The number of aliphatic carboxylic acids is 1. The highest BCUT2D eigenvalue weighted by Gasteiger charge is 2.25. The van der Waals surface area contributed by atoms with Gasteiger partial charge in [-0.2, -0.15) is 0 Å². The summed E-state index contributed by atoms with van der Waals surface area (Å²) < 4.78 is 0. The van der Waals surface area contributed by atoms with Crippen LogP contribution in [0, 0.1) is 0 Å². The molecule has 7 N–H and O–H groups in total. The van der Waals surface area contributed by atoms with Crippen LogP contribution in [0.3, 0.4) is 0 Å². The Morgan fingerprint density at radius 3 is 2.78 bits per heavy atom. The van der Waals surface area contributed by atoms with Crippen LogP contribution in [0.25, 0.3) is 0 Å². The molecule has 0 aliphatic carbocycles. The van der Waals surface area contributed by atoms with Gasteiger partial charge in [-0.05, 0) is 6.92 Å². The Hall–Kier alpha value is -2.13. The van der Waals surface area contributed by atoms with Crippen molar-refractivity contribution in [2.75, 3.05) is 6.54 Å². The molecule has 0 radical (unpaired) electrons. The van der Waals surface area contributed by atoms with Gasteiger partial charge in [-0.15, -0.1) is 0 Å². The van der Waals surface area contributed by atoms with Crippen molar-refractivity contribution in [2.24, 2.45) is 5.73 Å². The molecule has 1 rings (SSSR count). The normalized spacial score (nSPS) is 20.2. The summed E-state index contributed by atoms with van der Waals surface area (Å²) in [6, 6.07) is 0.